The molecule has 31 heavy (non-hydrogen) atoms. The number of hydrogen-bond acceptors (Lipinski definition) is 5. The maximum atomic E-state index is 12.4. The van der Waals surface area contributed by atoms with E-state index in [1.807, 2.05) is 48.5 Å². The van der Waals surface area contributed by atoms with Crippen LogP contribution in [0.25, 0.3) is 11.0 Å². The fraction of sp³-hybridized carbons (Fsp3) is 0.208. The minimum atomic E-state index is -0.223. The molecule has 2 aromatic heterocycles. The molecule has 0 bridgehead atoms. The van der Waals surface area contributed by atoms with E-state index in [2.05, 4.69) is 14.9 Å². The molecule has 2 heterocycles. The van der Waals surface area contributed by atoms with Crippen molar-refractivity contribution in [3.05, 3.63) is 84.4 Å². The van der Waals surface area contributed by atoms with Crippen LogP contribution in [0.4, 0.5) is 0 Å². The van der Waals surface area contributed by atoms with Gasteiger partial charge in [-0.25, -0.2) is 4.98 Å². The first-order chi connectivity index (χ1) is 15.3. The number of hydrogen-bond donors (Lipinski definition) is 1. The number of nitrogens with one attached hydrogen (secondary N) is 1. The maximum absolute atomic E-state index is 12.4. The fourth-order valence-electron chi connectivity index (χ4n) is 3.40. The molecule has 0 unspecified atom stereocenters. The van der Waals surface area contributed by atoms with Gasteiger partial charge in [0.15, 0.2) is 11.5 Å². The smallest absolute Gasteiger partial charge is 0.270 e. The van der Waals surface area contributed by atoms with E-state index in [0.717, 1.165) is 29.0 Å². The second kappa shape index (κ2) is 9.75. The second-order valence-electron chi connectivity index (χ2n) is 6.92. The van der Waals surface area contributed by atoms with Crippen LogP contribution in [0.2, 0.25) is 0 Å². The molecule has 1 amide bonds. The van der Waals surface area contributed by atoms with Gasteiger partial charge in [-0.3, -0.25) is 9.78 Å². The highest BCUT2D eigenvalue weighted by Gasteiger charge is 2.13. The molecule has 0 spiro atoms. The van der Waals surface area contributed by atoms with Crippen LogP contribution in [0.1, 0.15) is 22.7 Å². The number of imidazole rings is 1. The molecule has 0 saturated heterocycles. The number of aromatic nitrogens is 3. The van der Waals surface area contributed by atoms with Crippen LogP contribution in [0.15, 0.2) is 72.9 Å². The Morgan fingerprint density at radius 3 is 2.58 bits per heavy atom. The molecule has 1 N–H and O–H groups in total. The Balaban J connectivity index is 1.43. The summed E-state index contributed by atoms with van der Waals surface area (Å²) in [5.41, 5.74) is 2.31. The molecule has 0 fully saturated rings. The molecule has 0 atom stereocenters. The highest BCUT2D eigenvalue weighted by Crippen LogP contribution is 2.26. The van der Waals surface area contributed by atoms with E-state index in [1.165, 1.54) is 0 Å². The van der Waals surface area contributed by atoms with E-state index in [-0.39, 0.29) is 5.91 Å². The maximum Gasteiger partial charge on any atom is 0.270 e. The molecule has 0 aliphatic carbocycles. The van der Waals surface area contributed by atoms with Gasteiger partial charge in [0.05, 0.1) is 31.3 Å². The highest BCUT2D eigenvalue weighted by molar-refractivity contribution is 5.92. The number of carbonyl (C=O) groups excluding carboxylic acids is 1. The zero-order valence-corrected chi connectivity index (χ0v) is 17.3. The van der Waals surface area contributed by atoms with Gasteiger partial charge in [-0.05, 0) is 42.8 Å². The molecule has 4 aromatic rings. The van der Waals surface area contributed by atoms with Crippen molar-refractivity contribution in [3.8, 4) is 11.5 Å². The Morgan fingerprint density at radius 1 is 1.00 bits per heavy atom. The van der Waals surface area contributed by atoms with Crippen molar-refractivity contribution in [2.24, 2.45) is 0 Å². The van der Waals surface area contributed by atoms with E-state index >= 15 is 0 Å². The number of aryl methyl sites for hydroxylation is 1. The summed E-state index contributed by atoms with van der Waals surface area (Å²) >= 11 is 0. The van der Waals surface area contributed by atoms with Crippen LogP contribution >= 0.6 is 0 Å². The van der Waals surface area contributed by atoms with E-state index in [9.17, 15) is 4.79 Å². The lowest BCUT2D eigenvalue weighted by Gasteiger charge is -2.12. The number of methoxy groups -OCH3 is 1. The summed E-state index contributed by atoms with van der Waals surface area (Å²) < 4.78 is 13.4. The summed E-state index contributed by atoms with van der Waals surface area (Å²) in [5.74, 6) is 2.01. The number of amides is 1. The van der Waals surface area contributed by atoms with Crippen molar-refractivity contribution in [3.63, 3.8) is 0 Å². The Bertz CT molecular complexity index is 1160. The summed E-state index contributed by atoms with van der Waals surface area (Å²) in [6, 6.07) is 20.8. The first kappa shape index (κ1) is 20.4. The Labute approximate surface area is 180 Å². The number of carbonyl (C=O) groups is 1. The first-order valence-corrected chi connectivity index (χ1v) is 10.2. The van der Waals surface area contributed by atoms with Crippen molar-refractivity contribution in [1.29, 1.82) is 0 Å². The third-order valence-corrected chi connectivity index (χ3v) is 4.89. The molecule has 158 valence electrons. The topological polar surface area (TPSA) is 78.3 Å². The van der Waals surface area contributed by atoms with Crippen molar-refractivity contribution >= 4 is 16.9 Å². The molecule has 4 rings (SSSR count). The summed E-state index contributed by atoms with van der Waals surface area (Å²) in [4.78, 5) is 21.2. The van der Waals surface area contributed by atoms with Crippen molar-refractivity contribution in [2.75, 3.05) is 13.7 Å². The van der Waals surface area contributed by atoms with E-state index in [4.69, 9.17) is 14.5 Å². The predicted molar refractivity (Wildman–Crippen MR) is 118 cm³/mol. The monoisotopic (exact) mass is 416 g/mol. The Morgan fingerprint density at radius 2 is 1.77 bits per heavy atom. The van der Waals surface area contributed by atoms with Gasteiger partial charge in [-0.15, -0.1) is 0 Å². The number of benzene rings is 2. The summed E-state index contributed by atoms with van der Waals surface area (Å²) in [5, 5.41) is 2.92. The van der Waals surface area contributed by atoms with Gasteiger partial charge in [-0.2, -0.15) is 0 Å². The molecule has 0 aliphatic rings. The van der Waals surface area contributed by atoms with Gasteiger partial charge in [-0.1, -0.05) is 30.3 Å². The standard InChI is InChI=1S/C24H24N4O3/c1-30-21-12-4-5-13-22(21)31-16-8-15-28-20-11-3-2-9-18(20)27-23(28)17-26-24(29)19-10-6-7-14-25-19/h2-7,9-14H,8,15-17H2,1H3,(H,26,29). The van der Waals surface area contributed by atoms with Crippen molar-refractivity contribution in [1.82, 2.24) is 19.9 Å². The molecule has 2 aromatic carbocycles. The van der Waals surface area contributed by atoms with Gasteiger partial charge < -0.3 is 19.4 Å². The molecule has 0 saturated carbocycles. The lowest BCUT2D eigenvalue weighted by atomic mass is 10.3. The number of para-hydroxylation sites is 4. The number of nitrogens with zero attached hydrogens (tertiary/aromatic N) is 3. The zero-order valence-electron chi connectivity index (χ0n) is 17.3. The molecular weight excluding hydrogens is 392 g/mol. The van der Waals surface area contributed by atoms with Crippen LogP contribution in [0.5, 0.6) is 11.5 Å². The second-order valence-corrected chi connectivity index (χ2v) is 6.92. The largest absolute Gasteiger partial charge is 0.493 e. The molecule has 7 heteroatoms. The minimum absolute atomic E-state index is 0.223. The van der Waals surface area contributed by atoms with E-state index in [1.54, 1.807) is 31.5 Å². The van der Waals surface area contributed by atoms with Gasteiger partial charge >= 0.3 is 0 Å². The quantitative estimate of drug-likeness (QED) is 0.420. The predicted octanol–water partition coefficient (Wildman–Crippen LogP) is 3.84. The van der Waals surface area contributed by atoms with Crippen molar-refractivity contribution in [2.45, 2.75) is 19.5 Å². The fourth-order valence-corrected chi connectivity index (χ4v) is 3.40. The lowest BCUT2D eigenvalue weighted by Crippen LogP contribution is -2.25. The van der Waals surface area contributed by atoms with Crippen LogP contribution < -0.4 is 14.8 Å². The number of rotatable bonds is 9. The first-order valence-electron chi connectivity index (χ1n) is 10.2. The third kappa shape index (κ3) is 4.83. The molecule has 7 nitrogen and oxygen atoms in total. The number of fused-ring (bicyclic) bond motifs is 1. The molecular formula is C24H24N4O3. The number of pyridine rings is 1. The van der Waals surface area contributed by atoms with E-state index in [0.29, 0.717) is 31.1 Å². The summed E-state index contributed by atoms with van der Waals surface area (Å²) in [6.45, 7) is 1.56. The SMILES string of the molecule is COc1ccccc1OCCCn1c(CNC(=O)c2ccccn2)nc2ccccc21. The number of ether oxygens (including phenoxy) is 2. The summed E-state index contributed by atoms with van der Waals surface area (Å²) in [7, 11) is 1.63. The molecule has 0 aliphatic heterocycles. The van der Waals surface area contributed by atoms with Crippen LogP contribution in [0.3, 0.4) is 0 Å². The van der Waals surface area contributed by atoms with Gasteiger partial charge in [0.2, 0.25) is 0 Å². The van der Waals surface area contributed by atoms with Gasteiger partial charge in [0, 0.05) is 12.7 Å². The van der Waals surface area contributed by atoms with Crippen LogP contribution in [-0.4, -0.2) is 34.2 Å². The van der Waals surface area contributed by atoms with Crippen LogP contribution in [-0.2, 0) is 13.1 Å². The van der Waals surface area contributed by atoms with Gasteiger partial charge in [0.1, 0.15) is 11.5 Å². The zero-order chi connectivity index (χ0) is 21.5. The van der Waals surface area contributed by atoms with Crippen molar-refractivity contribution < 1.29 is 14.3 Å². The average Bonchev–Trinajstić information content (AvgIpc) is 3.18. The van der Waals surface area contributed by atoms with Crippen LogP contribution in [0, 0.1) is 0 Å². The van der Waals surface area contributed by atoms with Gasteiger partial charge in [0.25, 0.3) is 5.91 Å². The highest BCUT2D eigenvalue weighted by atomic mass is 16.5. The third-order valence-electron chi connectivity index (χ3n) is 4.89. The lowest BCUT2D eigenvalue weighted by molar-refractivity contribution is 0.0944. The average molecular weight is 416 g/mol. The Hall–Kier alpha value is -3.87. The Kier molecular flexibility index (Phi) is 6.42. The molecule has 0 radical (unpaired) electrons. The van der Waals surface area contributed by atoms with E-state index < -0.39 is 0 Å². The summed E-state index contributed by atoms with van der Waals surface area (Å²) in [6.07, 6.45) is 2.38. The minimum Gasteiger partial charge on any atom is -0.493 e. The normalized spacial score (nSPS) is 10.7.